The molecule has 0 amide bonds. The van der Waals surface area contributed by atoms with Gasteiger partial charge in [-0.15, -0.1) is 0 Å². The highest BCUT2D eigenvalue weighted by Crippen LogP contribution is 2.34. The Morgan fingerprint density at radius 3 is 2.44 bits per heavy atom. The zero-order valence-corrected chi connectivity index (χ0v) is 15.5. The molecule has 0 saturated heterocycles. The molecule has 0 atom stereocenters. The molecule has 1 N–H and O–H groups in total. The lowest BCUT2D eigenvalue weighted by atomic mass is 10.0. The molecule has 25 heavy (non-hydrogen) atoms. The Bertz CT molecular complexity index is 655. The molecule has 0 spiro atoms. The van der Waals surface area contributed by atoms with Crippen molar-refractivity contribution in [3.63, 3.8) is 0 Å². The summed E-state index contributed by atoms with van der Waals surface area (Å²) in [6, 6.07) is 11.3. The van der Waals surface area contributed by atoms with Gasteiger partial charge in [-0.1, -0.05) is 37.1 Å². The van der Waals surface area contributed by atoms with E-state index < -0.39 is 0 Å². The van der Waals surface area contributed by atoms with Gasteiger partial charge in [0.25, 0.3) is 0 Å². The lowest BCUT2D eigenvalue weighted by Gasteiger charge is -2.12. The average molecular weight is 365 g/mol. The lowest BCUT2D eigenvalue weighted by molar-refractivity contribution is 0.0981. The standard InChI is InChI=1S/C20H25ClO4/c1-3-4-9-24-10-11-25-17-7-5-15(6-8-17)18-12-16(14-22)20(23-2)13-19(18)21/h5-8,12-13,22H,3-4,9-11,14H2,1-2H3. The maximum Gasteiger partial charge on any atom is 0.125 e. The van der Waals surface area contributed by atoms with Crippen molar-refractivity contribution in [1.29, 1.82) is 0 Å². The van der Waals surface area contributed by atoms with Crippen molar-refractivity contribution >= 4 is 11.6 Å². The summed E-state index contributed by atoms with van der Waals surface area (Å²) >= 11 is 6.35. The van der Waals surface area contributed by atoms with Gasteiger partial charge in [0.2, 0.25) is 0 Å². The number of aliphatic hydroxyl groups excluding tert-OH is 1. The Kier molecular flexibility index (Phi) is 8.06. The van der Waals surface area contributed by atoms with Crippen LogP contribution in [0, 0.1) is 0 Å². The Labute approximate surface area is 154 Å². The summed E-state index contributed by atoms with van der Waals surface area (Å²) in [5, 5.41) is 10.1. The van der Waals surface area contributed by atoms with E-state index in [-0.39, 0.29) is 6.61 Å². The van der Waals surface area contributed by atoms with Crippen LogP contribution in [0.15, 0.2) is 36.4 Å². The second kappa shape index (κ2) is 10.3. The molecule has 0 unspecified atom stereocenters. The number of benzene rings is 2. The Morgan fingerprint density at radius 2 is 1.80 bits per heavy atom. The molecular weight excluding hydrogens is 340 g/mol. The molecule has 5 heteroatoms. The van der Waals surface area contributed by atoms with E-state index in [1.54, 1.807) is 13.2 Å². The molecule has 0 bridgehead atoms. The topological polar surface area (TPSA) is 47.9 Å². The summed E-state index contributed by atoms with van der Waals surface area (Å²) in [5.74, 6) is 1.37. The van der Waals surface area contributed by atoms with Gasteiger partial charge in [-0.2, -0.15) is 0 Å². The molecule has 136 valence electrons. The van der Waals surface area contributed by atoms with E-state index in [4.69, 9.17) is 25.8 Å². The van der Waals surface area contributed by atoms with E-state index in [2.05, 4.69) is 6.92 Å². The summed E-state index contributed by atoms with van der Waals surface area (Å²) in [6.45, 7) is 3.93. The summed E-state index contributed by atoms with van der Waals surface area (Å²) in [7, 11) is 1.56. The summed E-state index contributed by atoms with van der Waals surface area (Å²) in [6.07, 6.45) is 2.21. The third-order valence-corrected chi connectivity index (χ3v) is 4.16. The van der Waals surface area contributed by atoms with Gasteiger partial charge in [0.05, 0.1) is 25.3 Å². The highest BCUT2D eigenvalue weighted by molar-refractivity contribution is 6.33. The number of methoxy groups -OCH3 is 1. The second-order valence-corrected chi connectivity index (χ2v) is 6.05. The van der Waals surface area contributed by atoms with E-state index in [1.807, 2.05) is 30.3 Å². The van der Waals surface area contributed by atoms with Gasteiger partial charge >= 0.3 is 0 Å². The molecule has 0 fully saturated rings. The number of aliphatic hydroxyl groups is 1. The van der Waals surface area contributed by atoms with Crippen LogP contribution in [0.2, 0.25) is 5.02 Å². The zero-order valence-electron chi connectivity index (χ0n) is 14.8. The molecular formula is C20H25ClO4. The minimum atomic E-state index is -0.105. The Morgan fingerprint density at radius 1 is 1.04 bits per heavy atom. The van der Waals surface area contributed by atoms with Crippen LogP contribution in [0.3, 0.4) is 0 Å². The van der Waals surface area contributed by atoms with Crippen molar-refractivity contribution in [3.05, 3.63) is 47.0 Å². The fourth-order valence-corrected chi connectivity index (χ4v) is 2.70. The minimum Gasteiger partial charge on any atom is -0.496 e. The van der Waals surface area contributed by atoms with E-state index in [0.29, 0.717) is 29.5 Å². The zero-order chi connectivity index (χ0) is 18.1. The maximum atomic E-state index is 9.48. The summed E-state index contributed by atoms with van der Waals surface area (Å²) in [4.78, 5) is 0. The smallest absolute Gasteiger partial charge is 0.125 e. The van der Waals surface area contributed by atoms with Crippen LogP contribution in [0.25, 0.3) is 11.1 Å². The van der Waals surface area contributed by atoms with Crippen LogP contribution in [0.4, 0.5) is 0 Å². The average Bonchev–Trinajstić information content (AvgIpc) is 2.65. The van der Waals surface area contributed by atoms with Gasteiger partial charge in [-0.25, -0.2) is 0 Å². The first kappa shape index (κ1) is 19.6. The van der Waals surface area contributed by atoms with Gasteiger partial charge < -0.3 is 19.3 Å². The highest BCUT2D eigenvalue weighted by atomic mass is 35.5. The molecule has 0 saturated carbocycles. The highest BCUT2D eigenvalue weighted by Gasteiger charge is 2.10. The van der Waals surface area contributed by atoms with Crippen LogP contribution < -0.4 is 9.47 Å². The van der Waals surface area contributed by atoms with Crippen LogP contribution in [0.1, 0.15) is 25.3 Å². The Balaban J connectivity index is 2.00. The first-order valence-corrected chi connectivity index (χ1v) is 8.85. The van der Waals surface area contributed by atoms with Crippen LogP contribution in [-0.2, 0) is 11.3 Å². The number of rotatable bonds is 10. The fraction of sp³-hybridized carbons (Fsp3) is 0.400. The van der Waals surface area contributed by atoms with Crippen LogP contribution >= 0.6 is 11.6 Å². The molecule has 0 aliphatic rings. The third-order valence-electron chi connectivity index (χ3n) is 3.84. The van der Waals surface area contributed by atoms with Gasteiger partial charge in [0, 0.05) is 17.7 Å². The van der Waals surface area contributed by atoms with Gasteiger partial charge in [-0.3, -0.25) is 0 Å². The molecule has 0 aliphatic carbocycles. The SMILES string of the molecule is CCCCOCCOc1ccc(-c2cc(CO)c(OC)cc2Cl)cc1. The molecule has 4 nitrogen and oxygen atoms in total. The molecule has 2 aromatic carbocycles. The molecule has 0 heterocycles. The number of hydrogen-bond acceptors (Lipinski definition) is 4. The van der Waals surface area contributed by atoms with Crippen molar-refractivity contribution in [3.8, 4) is 22.6 Å². The van der Waals surface area contributed by atoms with Gasteiger partial charge in [0.1, 0.15) is 18.1 Å². The monoisotopic (exact) mass is 364 g/mol. The normalized spacial score (nSPS) is 10.7. The van der Waals surface area contributed by atoms with E-state index in [1.165, 1.54) is 0 Å². The quantitative estimate of drug-likeness (QED) is 0.620. The van der Waals surface area contributed by atoms with Crippen molar-refractivity contribution in [2.45, 2.75) is 26.4 Å². The summed E-state index contributed by atoms with van der Waals surface area (Å²) < 4.78 is 16.4. The predicted molar refractivity (Wildman–Crippen MR) is 101 cm³/mol. The second-order valence-electron chi connectivity index (χ2n) is 5.64. The molecule has 0 aromatic heterocycles. The maximum absolute atomic E-state index is 9.48. The number of halogens is 1. The first-order chi connectivity index (χ1) is 12.2. The van der Waals surface area contributed by atoms with Gasteiger partial charge in [0.15, 0.2) is 0 Å². The van der Waals surface area contributed by atoms with Crippen molar-refractivity contribution in [2.24, 2.45) is 0 Å². The number of hydrogen-bond donors (Lipinski definition) is 1. The van der Waals surface area contributed by atoms with Crippen molar-refractivity contribution < 1.29 is 19.3 Å². The predicted octanol–water partition coefficient (Wildman–Crippen LogP) is 4.70. The summed E-state index contributed by atoms with van der Waals surface area (Å²) in [5.41, 5.74) is 2.50. The fourth-order valence-electron chi connectivity index (χ4n) is 2.43. The number of ether oxygens (including phenoxy) is 3. The largest absolute Gasteiger partial charge is 0.496 e. The molecule has 0 aliphatic heterocycles. The van der Waals surface area contributed by atoms with Crippen molar-refractivity contribution in [2.75, 3.05) is 26.9 Å². The van der Waals surface area contributed by atoms with Crippen LogP contribution in [0.5, 0.6) is 11.5 Å². The lowest BCUT2D eigenvalue weighted by Crippen LogP contribution is -2.07. The van der Waals surface area contributed by atoms with E-state index >= 15 is 0 Å². The van der Waals surface area contributed by atoms with Crippen LogP contribution in [-0.4, -0.2) is 32.0 Å². The first-order valence-electron chi connectivity index (χ1n) is 8.47. The Hall–Kier alpha value is -1.75. The van der Waals surface area contributed by atoms with E-state index in [9.17, 15) is 5.11 Å². The molecule has 2 aromatic rings. The number of unbranched alkanes of at least 4 members (excludes halogenated alkanes) is 1. The minimum absolute atomic E-state index is 0.105. The molecule has 2 rings (SSSR count). The van der Waals surface area contributed by atoms with E-state index in [0.717, 1.165) is 36.3 Å². The van der Waals surface area contributed by atoms with Crippen molar-refractivity contribution in [1.82, 2.24) is 0 Å². The third kappa shape index (κ3) is 5.63. The van der Waals surface area contributed by atoms with Gasteiger partial charge in [-0.05, 0) is 36.2 Å². The molecule has 0 radical (unpaired) electrons.